The Kier molecular flexibility index (Phi) is 33.9. The summed E-state index contributed by atoms with van der Waals surface area (Å²) >= 11 is 1.42. The highest BCUT2D eigenvalue weighted by molar-refractivity contribution is 7.90. The van der Waals surface area contributed by atoms with Crippen LogP contribution in [0.5, 0.6) is 11.5 Å². The van der Waals surface area contributed by atoms with Crippen LogP contribution in [0.4, 0.5) is 0 Å². The van der Waals surface area contributed by atoms with Crippen LogP contribution in [0.25, 0.3) is 21.1 Å². The normalized spacial score (nSPS) is 27.1. The van der Waals surface area contributed by atoms with E-state index in [4.69, 9.17) is 19.3 Å². The summed E-state index contributed by atoms with van der Waals surface area (Å²) in [5.41, 5.74) is 2.93. The van der Waals surface area contributed by atoms with Gasteiger partial charge in [-0.3, -0.25) is 33.6 Å². The standard InChI is InChI=1S/C71H100N10O22S2.C3H4/c1-38-34-81-61(62(38)91)67(96)73-33-49(86)31-52(74-63(92)45-14-18-47(19-15-45)69-79-78-68(104-69)46-16-12-43(13-17-46)41-8-10-42(11-9-41)44-20-22-51(23-21-44)100-28-6-4-3-5-27-82)64(93)75-58(39(2)85)70(97)80-35-50(87)32-53(80)65(94)76-59(56(90)29-40-7-24-54(88)57(30-40)101-105-103-102-99)66(95)77-60(71(81)98)55(89)25-26-72-48(36-83)37-84;1-3-2/h7,12-19,24,30,38-39,41-42,44,48-53,55-56,58-62,72,82-91,99H,3-6,8-11,20-23,25-29,31-37H2,1-2H3,(H,73,96)(H,74,92)(H,75,93)(H,76,94)(H,77,95);1H,2H3/t38-,39+,41?,42?,44?,49+,50+,51?,52-,53-,55+,56+,58-,59-,60-,61-,62-;/m0./s1. The molecule has 4 aromatic rings. The van der Waals surface area contributed by atoms with Gasteiger partial charge in [0.15, 0.2) is 11.5 Å². The minimum Gasteiger partial charge on any atom is -0.504 e. The number of rotatable bonds is 28. The first-order valence-corrected chi connectivity index (χ1v) is 38.3. The Morgan fingerprint density at radius 1 is 0.731 bits per heavy atom. The van der Waals surface area contributed by atoms with Gasteiger partial charge in [0.25, 0.3) is 18.2 Å². The molecule has 0 spiro atoms. The van der Waals surface area contributed by atoms with Crippen LogP contribution in [0.2, 0.25) is 0 Å². The van der Waals surface area contributed by atoms with Crippen molar-refractivity contribution in [2.45, 2.75) is 214 Å². The molecule has 3 aromatic carbocycles. The lowest BCUT2D eigenvalue weighted by Gasteiger charge is -2.38. The number of ether oxygens (including phenoxy) is 1. The third-order valence-corrected chi connectivity index (χ3v) is 22.1. The van der Waals surface area contributed by atoms with Crippen molar-refractivity contribution in [3.05, 3.63) is 83.4 Å². The molecule has 0 bridgehead atoms. The molecule has 7 amide bonds. The number of aromatic nitrogens is 2. The number of unbranched alkanes of at least 4 members (excludes halogenated alkanes) is 3. The SMILES string of the molecule is C#CC.C[C@@H](O)[C@@H]1NC(=O)[C@@H](NC(=O)c2ccc(-c3nnc(-c4ccc(C5CCC(C6CCC(OCCCCCCO)CC6)CC5)cc4)s3)cc2)C[C@@H](O)CNC(=O)[C@@H]2[C@@H](O)[C@@H](C)CN2C(=O)[C@H]([C@H](O)CCNC(CO)CO)NC(=O)[C@H]([C@H](O)Cc2ccc(O)c(OSOOO)c2)NC(=O)[C@@H]2C[C@@H](O)CN2C1=O. The number of hydrogen-bond donors (Lipinski definition) is 17. The van der Waals surface area contributed by atoms with Crippen molar-refractivity contribution in [1.82, 2.24) is 51.9 Å². The zero-order valence-corrected chi connectivity index (χ0v) is 62.4. The molecule has 3 aliphatic heterocycles. The lowest BCUT2D eigenvalue weighted by molar-refractivity contribution is -0.433. The van der Waals surface area contributed by atoms with Crippen LogP contribution < -0.4 is 36.1 Å². The number of nitrogens with one attached hydrogen (secondary N) is 6. The van der Waals surface area contributed by atoms with E-state index in [2.05, 4.69) is 88.1 Å². The van der Waals surface area contributed by atoms with Gasteiger partial charge in [-0.1, -0.05) is 82.9 Å². The largest absolute Gasteiger partial charge is 0.504 e. The van der Waals surface area contributed by atoms with Crippen molar-refractivity contribution < 1.29 is 108 Å². The molecule has 108 heavy (non-hydrogen) atoms. The summed E-state index contributed by atoms with van der Waals surface area (Å²) in [6.07, 6.45) is 5.74. The van der Waals surface area contributed by atoms with E-state index in [1.54, 1.807) is 19.1 Å². The van der Waals surface area contributed by atoms with Gasteiger partial charge in [-0.15, -0.1) is 22.5 Å². The predicted octanol–water partition coefficient (Wildman–Crippen LogP) is 1.26. The Morgan fingerprint density at radius 2 is 1.34 bits per heavy atom. The molecule has 13 atom stereocenters. The van der Waals surface area contributed by atoms with Gasteiger partial charge in [-0.05, 0) is 144 Å². The molecule has 594 valence electrons. The van der Waals surface area contributed by atoms with Gasteiger partial charge in [0.2, 0.25) is 35.4 Å². The molecule has 0 unspecified atom stereocenters. The number of phenolic OH excluding ortho intramolecular Hbond substituents is 1. The third-order valence-electron chi connectivity index (χ3n) is 20.7. The molecule has 17 N–H and O–H groups in total. The van der Waals surface area contributed by atoms with Gasteiger partial charge < -0.3 is 102 Å². The summed E-state index contributed by atoms with van der Waals surface area (Å²) < 4.78 is 15.6. The van der Waals surface area contributed by atoms with Crippen LogP contribution in [0.3, 0.4) is 0 Å². The highest BCUT2D eigenvalue weighted by Gasteiger charge is 2.50. The predicted molar refractivity (Wildman–Crippen MR) is 394 cm³/mol. The van der Waals surface area contributed by atoms with Crippen molar-refractivity contribution in [2.75, 3.05) is 52.6 Å². The fourth-order valence-corrected chi connectivity index (χ4v) is 15.8. The molecule has 34 heteroatoms. The highest BCUT2D eigenvalue weighted by atomic mass is 32.2. The Bertz CT molecular complexity index is 3590. The quantitative estimate of drug-likeness (QED) is 0.0125. The second-order valence-corrected chi connectivity index (χ2v) is 29.9. The summed E-state index contributed by atoms with van der Waals surface area (Å²) in [5.74, 6) is -5.38. The minimum atomic E-state index is -2.16. The molecule has 5 fully saturated rings. The molecule has 3 saturated heterocycles. The summed E-state index contributed by atoms with van der Waals surface area (Å²) in [6, 6.07) is 5.90. The number of fused-ring (bicyclic) bond motifs is 2. The summed E-state index contributed by atoms with van der Waals surface area (Å²) in [6.45, 7) is 2.39. The van der Waals surface area contributed by atoms with Crippen molar-refractivity contribution in [1.29, 1.82) is 0 Å². The van der Waals surface area contributed by atoms with E-state index in [0.29, 0.717) is 27.6 Å². The van der Waals surface area contributed by atoms with Gasteiger partial charge in [-0.2, -0.15) is 0 Å². The maximum Gasteiger partial charge on any atom is 0.261 e. The van der Waals surface area contributed by atoms with Crippen molar-refractivity contribution in [3.8, 4) is 45.0 Å². The maximum absolute atomic E-state index is 15.0. The fraction of sp³-hybridized carbons (Fsp3) is 0.608. The van der Waals surface area contributed by atoms with E-state index >= 15 is 4.79 Å². The van der Waals surface area contributed by atoms with Crippen molar-refractivity contribution in [3.63, 3.8) is 0 Å². The topological polar surface area (TPSA) is 483 Å². The molecule has 32 nitrogen and oxygen atoms in total. The number of hydrogen-bond acceptors (Lipinski definition) is 27. The minimum absolute atomic E-state index is 0.0227. The lowest BCUT2D eigenvalue weighted by Crippen LogP contribution is -2.64. The van der Waals surface area contributed by atoms with E-state index in [1.807, 2.05) is 0 Å². The number of aromatic hydroxyl groups is 1. The lowest BCUT2D eigenvalue weighted by atomic mass is 9.69. The summed E-state index contributed by atoms with van der Waals surface area (Å²) in [5, 5.41) is 146. The summed E-state index contributed by atoms with van der Waals surface area (Å²) in [4.78, 5) is 104. The molecule has 4 heterocycles. The number of amides is 7. The second-order valence-electron chi connectivity index (χ2n) is 28.5. The number of aliphatic hydroxyl groups excluding tert-OH is 9. The number of β-amino-alcohol motifs (C(OH)–C–C–N with tert-alkyl or cyclic N) is 1. The number of benzene rings is 3. The number of carbonyl (C=O) groups excluding carboxylic acids is 7. The number of terminal acetylenes is 1. The molecular formula is C74H104N10O22S2. The second kappa shape index (κ2) is 42.6. The first kappa shape index (κ1) is 86.1. The van der Waals surface area contributed by atoms with Gasteiger partial charge in [-0.25, -0.2) is 5.26 Å². The van der Waals surface area contributed by atoms with Crippen molar-refractivity contribution >= 4 is 65.0 Å². The van der Waals surface area contributed by atoms with E-state index in [9.17, 15) is 74.7 Å². The first-order chi connectivity index (χ1) is 51.9. The number of nitrogens with zero attached hydrogens (tertiary/aromatic N) is 4. The number of carbonyl (C=O) groups is 7. The van der Waals surface area contributed by atoms with Crippen LogP contribution in [-0.2, 0) is 49.3 Å². The highest BCUT2D eigenvalue weighted by Crippen LogP contribution is 2.44. The van der Waals surface area contributed by atoms with E-state index < -0.39 is 184 Å². The average molecular weight is 1550 g/mol. The number of phenols is 1. The molecule has 0 radical (unpaired) electrons. The van der Waals surface area contributed by atoms with Gasteiger partial charge in [0, 0.05) is 74.7 Å². The smallest absolute Gasteiger partial charge is 0.261 e. The monoisotopic (exact) mass is 1550 g/mol. The van der Waals surface area contributed by atoms with Gasteiger partial charge in [0.1, 0.15) is 46.3 Å². The average Bonchev–Trinajstić information content (AvgIpc) is 1.63. The Morgan fingerprint density at radius 3 is 1.97 bits per heavy atom. The van der Waals surface area contributed by atoms with Gasteiger partial charge >= 0.3 is 0 Å². The molecule has 1 aromatic heterocycles. The van der Waals surface area contributed by atoms with Crippen LogP contribution in [0.1, 0.15) is 144 Å². The third kappa shape index (κ3) is 23.7. The maximum atomic E-state index is 15.0. The van der Waals surface area contributed by atoms with Crippen LogP contribution in [-0.4, -0.2) is 255 Å². The molecule has 5 aliphatic rings. The Balaban J connectivity index is 0.00000482. The fourth-order valence-electron chi connectivity index (χ4n) is 14.7. The van der Waals surface area contributed by atoms with E-state index in [1.165, 1.54) is 73.8 Å². The molecule has 2 saturated carbocycles. The number of aliphatic hydroxyl groups is 9. The van der Waals surface area contributed by atoms with Crippen molar-refractivity contribution in [2.24, 2.45) is 17.8 Å². The van der Waals surface area contributed by atoms with Crippen LogP contribution in [0.15, 0.2) is 66.7 Å². The van der Waals surface area contributed by atoms with Gasteiger partial charge in [0.05, 0.1) is 62.0 Å². The summed E-state index contributed by atoms with van der Waals surface area (Å²) in [7, 11) is 0. The molecule has 2 aliphatic carbocycles. The van der Waals surface area contributed by atoms with E-state index in [0.717, 1.165) is 98.2 Å². The first-order valence-electron chi connectivity index (χ1n) is 36.8. The zero-order chi connectivity index (χ0) is 78.1. The Hall–Kier alpha value is -7.54. The van der Waals surface area contributed by atoms with E-state index in [-0.39, 0.29) is 48.9 Å². The zero-order valence-electron chi connectivity index (χ0n) is 60.8. The van der Waals surface area contributed by atoms with Crippen LogP contribution in [0, 0.1) is 30.1 Å². The molecular weight excluding hydrogens is 1440 g/mol. The van der Waals surface area contributed by atoms with Crippen LogP contribution >= 0.6 is 23.7 Å². The Labute approximate surface area is 635 Å². The molecule has 9 rings (SSSR count).